The number of quaternary nitrogens is 1. The summed E-state index contributed by atoms with van der Waals surface area (Å²) in [4.78, 5) is 23.1. The second-order valence-electron chi connectivity index (χ2n) is 17.1. The molecule has 0 aromatic rings. The third-order valence-corrected chi connectivity index (χ3v) is 11.3. The van der Waals surface area contributed by atoms with Crippen molar-refractivity contribution < 1.29 is 32.9 Å². The summed E-state index contributed by atoms with van der Waals surface area (Å²) in [6.45, 7) is 4.78. The number of aliphatic hydroxyl groups is 1. The Morgan fingerprint density at radius 2 is 0.982 bits per heavy atom. The number of phosphoric ester groups is 1. The Bertz CT molecular complexity index is 1010. The number of unbranched alkanes of at least 4 members (excludes halogenated alkanes) is 25. The van der Waals surface area contributed by atoms with Gasteiger partial charge in [-0.25, -0.2) is 4.57 Å². The number of hydrogen-bond donors (Lipinski definition) is 3. The molecule has 9 heteroatoms. The van der Waals surface area contributed by atoms with Gasteiger partial charge in [-0.15, -0.1) is 0 Å². The van der Waals surface area contributed by atoms with Gasteiger partial charge in [0.2, 0.25) is 5.91 Å². The van der Waals surface area contributed by atoms with Gasteiger partial charge >= 0.3 is 7.82 Å². The van der Waals surface area contributed by atoms with Crippen LogP contribution in [0.3, 0.4) is 0 Å². The first-order valence-corrected chi connectivity index (χ1v) is 24.9. The molecule has 3 N–H and O–H groups in total. The fourth-order valence-corrected chi connectivity index (χ4v) is 7.32. The monoisotopic (exact) mass is 812 g/mol. The zero-order chi connectivity index (χ0) is 41.4. The van der Waals surface area contributed by atoms with Gasteiger partial charge in [0.05, 0.1) is 39.9 Å². The first-order valence-electron chi connectivity index (χ1n) is 23.4. The fourth-order valence-electron chi connectivity index (χ4n) is 6.58. The number of nitrogens with zero attached hydrogens (tertiary/aromatic N) is 1. The summed E-state index contributed by atoms with van der Waals surface area (Å²) in [5.74, 6) is -0.192. The molecule has 0 heterocycles. The molecule has 3 unspecified atom stereocenters. The lowest BCUT2D eigenvalue weighted by Crippen LogP contribution is -2.45. The molecule has 0 saturated carbocycles. The molecule has 0 radical (unpaired) electrons. The summed E-state index contributed by atoms with van der Waals surface area (Å²) >= 11 is 0. The standard InChI is InChI=1S/C47H91N2O6P/c1-6-8-10-12-14-16-18-20-22-23-24-25-27-28-30-32-34-36-38-40-46(50)45(44-55-56(52,53)54-43-42-49(3,4)5)48-47(51)41-39-37-35-33-31-29-26-21-19-17-15-13-11-9-7-2/h17,19,30,32,38,40,45-46,50H,6-16,18,20-29,31,33-37,39,41-44H2,1-5H3,(H-,48,51,52,53)/p+1/b19-17-,32-30+,40-38+. The zero-order valence-electron chi connectivity index (χ0n) is 37.4. The van der Waals surface area contributed by atoms with Crippen molar-refractivity contribution in [3.63, 3.8) is 0 Å². The van der Waals surface area contributed by atoms with E-state index in [-0.39, 0.29) is 19.1 Å². The molecule has 0 aromatic heterocycles. The molecule has 0 saturated heterocycles. The highest BCUT2D eigenvalue weighted by molar-refractivity contribution is 7.47. The number of rotatable bonds is 42. The molecule has 330 valence electrons. The van der Waals surface area contributed by atoms with Crippen LogP contribution in [0, 0.1) is 0 Å². The first-order chi connectivity index (χ1) is 27.0. The summed E-state index contributed by atoms with van der Waals surface area (Å²) in [5, 5.41) is 13.8. The van der Waals surface area contributed by atoms with E-state index in [4.69, 9.17) is 9.05 Å². The van der Waals surface area contributed by atoms with Crippen molar-refractivity contribution >= 4 is 13.7 Å². The maximum Gasteiger partial charge on any atom is 0.472 e. The van der Waals surface area contributed by atoms with Gasteiger partial charge in [-0.3, -0.25) is 13.8 Å². The molecule has 0 bridgehead atoms. The minimum absolute atomic E-state index is 0.0554. The molecule has 3 atom stereocenters. The van der Waals surface area contributed by atoms with Crippen LogP contribution in [-0.2, 0) is 18.4 Å². The van der Waals surface area contributed by atoms with E-state index in [0.29, 0.717) is 17.4 Å². The lowest BCUT2D eigenvalue weighted by molar-refractivity contribution is -0.870. The predicted octanol–water partition coefficient (Wildman–Crippen LogP) is 13.1. The highest BCUT2D eigenvalue weighted by Gasteiger charge is 2.27. The van der Waals surface area contributed by atoms with E-state index in [9.17, 15) is 19.4 Å². The number of carbonyl (C=O) groups excluding carboxylic acids is 1. The quantitative estimate of drug-likeness (QED) is 0.0245. The van der Waals surface area contributed by atoms with E-state index in [1.807, 2.05) is 27.2 Å². The van der Waals surface area contributed by atoms with E-state index in [0.717, 1.165) is 38.5 Å². The fraction of sp³-hybridized carbons (Fsp3) is 0.851. The minimum atomic E-state index is -4.35. The number of likely N-dealkylation sites (N-methyl/N-ethyl adjacent to an activating group) is 1. The van der Waals surface area contributed by atoms with E-state index in [1.54, 1.807) is 6.08 Å². The molecule has 0 aliphatic heterocycles. The highest BCUT2D eigenvalue weighted by Crippen LogP contribution is 2.43. The second kappa shape index (κ2) is 39.2. The van der Waals surface area contributed by atoms with E-state index in [2.05, 4.69) is 43.5 Å². The van der Waals surface area contributed by atoms with Crippen LogP contribution in [0.25, 0.3) is 0 Å². The van der Waals surface area contributed by atoms with Gasteiger partial charge in [0.25, 0.3) is 0 Å². The van der Waals surface area contributed by atoms with Crippen LogP contribution in [0.5, 0.6) is 0 Å². The van der Waals surface area contributed by atoms with Crippen molar-refractivity contribution in [2.75, 3.05) is 40.9 Å². The number of aliphatic hydroxyl groups excluding tert-OH is 1. The van der Waals surface area contributed by atoms with Crippen LogP contribution >= 0.6 is 7.82 Å². The Labute approximate surface area is 347 Å². The Balaban J connectivity index is 4.44. The van der Waals surface area contributed by atoms with Gasteiger partial charge in [0.1, 0.15) is 13.2 Å². The minimum Gasteiger partial charge on any atom is -0.387 e. The molecule has 0 aliphatic carbocycles. The van der Waals surface area contributed by atoms with Crippen molar-refractivity contribution in [2.45, 2.75) is 219 Å². The summed E-state index contributed by atoms with van der Waals surface area (Å²) in [7, 11) is 1.55. The molecule has 0 rings (SSSR count). The maximum absolute atomic E-state index is 12.9. The predicted molar refractivity (Wildman–Crippen MR) is 240 cm³/mol. The average Bonchev–Trinajstić information content (AvgIpc) is 3.15. The molecule has 0 aromatic carbocycles. The number of amides is 1. The number of nitrogens with one attached hydrogen (secondary N) is 1. The van der Waals surface area contributed by atoms with Crippen molar-refractivity contribution in [2.24, 2.45) is 0 Å². The van der Waals surface area contributed by atoms with Crippen LogP contribution < -0.4 is 5.32 Å². The van der Waals surface area contributed by atoms with Crippen molar-refractivity contribution in [1.29, 1.82) is 0 Å². The summed E-state index contributed by atoms with van der Waals surface area (Å²) in [5.41, 5.74) is 0. The topological polar surface area (TPSA) is 105 Å². The van der Waals surface area contributed by atoms with Gasteiger partial charge in [0.15, 0.2) is 0 Å². The Kier molecular flexibility index (Phi) is 38.3. The number of carbonyl (C=O) groups is 1. The number of allylic oxidation sites excluding steroid dienone is 5. The van der Waals surface area contributed by atoms with E-state index >= 15 is 0 Å². The summed E-state index contributed by atoms with van der Waals surface area (Å²) in [6, 6.07) is -0.863. The third kappa shape index (κ3) is 40.9. The molecule has 0 spiro atoms. The third-order valence-electron chi connectivity index (χ3n) is 10.3. The Morgan fingerprint density at radius 1 is 0.589 bits per heavy atom. The van der Waals surface area contributed by atoms with E-state index < -0.39 is 20.0 Å². The van der Waals surface area contributed by atoms with Gasteiger partial charge in [-0.1, -0.05) is 179 Å². The van der Waals surface area contributed by atoms with Crippen LogP contribution in [-0.4, -0.2) is 73.4 Å². The van der Waals surface area contributed by atoms with Crippen LogP contribution in [0.15, 0.2) is 36.5 Å². The Morgan fingerprint density at radius 3 is 1.45 bits per heavy atom. The smallest absolute Gasteiger partial charge is 0.387 e. The molecule has 1 amide bonds. The molecule has 56 heavy (non-hydrogen) atoms. The van der Waals surface area contributed by atoms with Crippen LogP contribution in [0.1, 0.15) is 206 Å². The average molecular weight is 812 g/mol. The number of hydrogen-bond acceptors (Lipinski definition) is 5. The SMILES string of the molecule is CCCCCC/C=C\CCCCCCCCCC(=O)NC(COP(=O)(O)OCC[N+](C)(C)C)C(O)/C=C/CC/C=C/CCCCCCCCCCCCCCC. The number of phosphoric acid groups is 1. The Hall–Kier alpha value is -1.28. The lowest BCUT2D eigenvalue weighted by atomic mass is 10.0. The van der Waals surface area contributed by atoms with Gasteiger partial charge in [0, 0.05) is 6.42 Å². The van der Waals surface area contributed by atoms with Crippen molar-refractivity contribution in [1.82, 2.24) is 5.32 Å². The normalized spacial score (nSPS) is 14.6. The summed E-state index contributed by atoms with van der Waals surface area (Å²) in [6.07, 6.45) is 47.9. The second-order valence-corrected chi connectivity index (χ2v) is 18.6. The largest absolute Gasteiger partial charge is 0.472 e. The molecular weight excluding hydrogens is 719 g/mol. The zero-order valence-corrected chi connectivity index (χ0v) is 38.3. The van der Waals surface area contributed by atoms with Gasteiger partial charge in [-0.05, 0) is 57.8 Å². The van der Waals surface area contributed by atoms with Gasteiger partial charge < -0.3 is 19.8 Å². The van der Waals surface area contributed by atoms with Crippen LogP contribution in [0.2, 0.25) is 0 Å². The first kappa shape index (κ1) is 54.7. The molecule has 8 nitrogen and oxygen atoms in total. The van der Waals surface area contributed by atoms with Gasteiger partial charge in [-0.2, -0.15) is 0 Å². The molecule has 0 fully saturated rings. The maximum atomic E-state index is 12.9. The summed E-state index contributed by atoms with van der Waals surface area (Å²) < 4.78 is 23.6. The van der Waals surface area contributed by atoms with Crippen molar-refractivity contribution in [3.05, 3.63) is 36.5 Å². The molecule has 0 aliphatic rings. The lowest BCUT2D eigenvalue weighted by Gasteiger charge is -2.25. The van der Waals surface area contributed by atoms with Crippen LogP contribution in [0.4, 0.5) is 0 Å². The van der Waals surface area contributed by atoms with Crippen molar-refractivity contribution in [3.8, 4) is 0 Å². The van der Waals surface area contributed by atoms with E-state index in [1.165, 1.54) is 148 Å². The molecular formula is C47H92N2O6P+. The highest BCUT2D eigenvalue weighted by atomic mass is 31.2.